The van der Waals surface area contributed by atoms with Crippen molar-refractivity contribution in [3.05, 3.63) is 69.4 Å². The molecule has 0 atom stereocenters. The highest BCUT2D eigenvalue weighted by molar-refractivity contribution is 7.09. The molecule has 0 aliphatic heterocycles. The Hall–Kier alpha value is -3.00. The summed E-state index contributed by atoms with van der Waals surface area (Å²) >= 11 is 1.57. The minimum Gasteiger partial charge on any atom is -0.451 e. The molecule has 0 spiro atoms. The fraction of sp³-hybridized carbons (Fsp3) is 0.318. The molecule has 0 saturated heterocycles. The Morgan fingerprint density at radius 1 is 1.20 bits per heavy atom. The lowest BCUT2D eigenvalue weighted by Crippen LogP contribution is -2.30. The minimum absolute atomic E-state index is 0.239. The Balaban J connectivity index is 1.48. The van der Waals surface area contributed by atoms with Crippen LogP contribution in [0.4, 0.5) is 4.39 Å². The average Bonchev–Trinajstić information content (AvgIpc) is 3.40. The van der Waals surface area contributed by atoms with Gasteiger partial charge in [0.25, 0.3) is 5.91 Å². The number of hydrogen-bond acceptors (Lipinski definition) is 5. The Morgan fingerprint density at radius 3 is 2.70 bits per heavy atom. The molecule has 1 amide bonds. The standard InChI is InChI=1S/C22H22FN3O3S/c1-25(13-17-5-4-12-30-17)20(27)14-29-22(28)21-18-6-2-3-7-19(18)26(24-21)16-10-8-15(23)9-11-16/h4-5,8-12H,2-3,6-7,13-14H2,1H3. The number of aromatic nitrogens is 2. The number of amides is 1. The van der Waals surface area contributed by atoms with E-state index in [4.69, 9.17) is 4.74 Å². The van der Waals surface area contributed by atoms with Gasteiger partial charge in [-0.25, -0.2) is 13.9 Å². The van der Waals surface area contributed by atoms with E-state index in [9.17, 15) is 14.0 Å². The Morgan fingerprint density at radius 2 is 1.97 bits per heavy atom. The first kappa shape index (κ1) is 20.3. The maximum absolute atomic E-state index is 13.3. The third-order valence-electron chi connectivity index (χ3n) is 5.17. The van der Waals surface area contributed by atoms with Crippen LogP contribution >= 0.6 is 11.3 Å². The van der Waals surface area contributed by atoms with Crippen molar-refractivity contribution in [1.29, 1.82) is 0 Å². The van der Waals surface area contributed by atoms with Gasteiger partial charge in [-0.3, -0.25) is 4.79 Å². The van der Waals surface area contributed by atoms with E-state index in [2.05, 4.69) is 5.10 Å². The molecule has 0 unspecified atom stereocenters. The topological polar surface area (TPSA) is 64.4 Å². The summed E-state index contributed by atoms with van der Waals surface area (Å²) < 4.78 is 20.3. The largest absolute Gasteiger partial charge is 0.451 e. The molecule has 0 fully saturated rings. The minimum atomic E-state index is -0.605. The Labute approximate surface area is 177 Å². The molecule has 1 aliphatic carbocycles. The number of nitrogens with zero attached hydrogens (tertiary/aromatic N) is 3. The van der Waals surface area contributed by atoms with Crippen LogP contribution < -0.4 is 0 Å². The number of esters is 1. The van der Waals surface area contributed by atoms with Crippen molar-refractivity contribution in [2.75, 3.05) is 13.7 Å². The first-order valence-electron chi connectivity index (χ1n) is 9.83. The second-order valence-electron chi connectivity index (χ2n) is 7.27. The van der Waals surface area contributed by atoms with Gasteiger partial charge < -0.3 is 9.64 Å². The van der Waals surface area contributed by atoms with Crippen molar-refractivity contribution in [3.8, 4) is 5.69 Å². The van der Waals surface area contributed by atoms with Crippen LogP contribution in [0.2, 0.25) is 0 Å². The number of halogens is 1. The summed E-state index contributed by atoms with van der Waals surface area (Å²) in [5.74, 6) is -1.21. The summed E-state index contributed by atoms with van der Waals surface area (Å²) in [7, 11) is 1.68. The Bertz CT molecular complexity index is 1040. The van der Waals surface area contributed by atoms with Crippen LogP contribution in [0.1, 0.15) is 39.5 Å². The molecule has 6 nitrogen and oxygen atoms in total. The molecule has 2 aromatic heterocycles. The first-order chi connectivity index (χ1) is 14.5. The van der Waals surface area contributed by atoms with Crippen LogP contribution in [0.25, 0.3) is 5.69 Å². The van der Waals surface area contributed by atoms with Crippen molar-refractivity contribution in [3.63, 3.8) is 0 Å². The molecule has 0 bridgehead atoms. The molecule has 156 valence electrons. The van der Waals surface area contributed by atoms with Crippen LogP contribution in [0, 0.1) is 5.82 Å². The van der Waals surface area contributed by atoms with Gasteiger partial charge in [0.2, 0.25) is 0 Å². The number of ether oxygens (including phenoxy) is 1. The van der Waals surface area contributed by atoms with Gasteiger partial charge in [-0.2, -0.15) is 5.10 Å². The molecule has 0 radical (unpaired) electrons. The lowest BCUT2D eigenvalue weighted by atomic mass is 9.95. The number of hydrogen-bond donors (Lipinski definition) is 0. The summed E-state index contributed by atoms with van der Waals surface area (Å²) in [6, 6.07) is 9.89. The van der Waals surface area contributed by atoms with Crippen LogP contribution in [-0.2, 0) is 28.9 Å². The van der Waals surface area contributed by atoms with Crippen molar-refractivity contribution in [2.45, 2.75) is 32.2 Å². The highest BCUT2D eigenvalue weighted by Gasteiger charge is 2.27. The molecule has 1 aliphatic rings. The van der Waals surface area contributed by atoms with Gasteiger partial charge >= 0.3 is 5.97 Å². The van der Waals surface area contributed by atoms with Crippen molar-refractivity contribution in [2.24, 2.45) is 0 Å². The third-order valence-corrected chi connectivity index (χ3v) is 6.03. The molecular weight excluding hydrogens is 405 g/mol. The third kappa shape index (κ3) is 4.28. The van der Waals surface area contributed by atoms with Crippen LogP contribution in [-0.4, -0.2) is 40.2 Å². The second-order valence-corrected chi connectivity index (χ2v) is 8.31. The van der Waals surface area contributed by atoms with E-state index in [0.29, 0.717) is 12.2 Å². The molecule has 3 aromatic rings. The number of likely N-dealkylation sites (N-methyl/N-ethyl adjacent to an activating group) is 1. The van der Waals surface area contributed by atoms with Crippen molar-refractivity contribution in [1.82, 2.24) is 14.7 Å². The number of thiophene rings is 1. The van der Waals surface area contributed by atoms with E-state index in [1.165, 1.54) is 17.0 Å². The van der Waals surface area contributed by atoms with E-state index < -0.39 is 5.97 Å². The molecule has 8 heteroatoms. The lowest BCUT2D eigenvalue weighted by Gasteiger charge is -2.16. The zero-order chi connectivity index (χ0) is 21.1. The van der Waals surface area contributed by atoms with Crippen LogP contribution in [0.3, 0.4) is 0 Å². The molecule has 1 aromatic carbocycles. The van der Waals surface area contributed by atoms with E-state index in [0.717, 1.165) is 41.8 Å². The molecule has 2 heterocycles. The zero-order valence-electron chi connectivity index (χ0n) is 16.6. The quantitative estimate of drug-likeness (QED) is 0.562. The predicted molar refractivity (Wildman–Crippen MR) is 111 cm³/mol. The smallest absolute Gasteiger partial charge is 0.359 e. The maximum atomic E-state index is 13.3. The van der Waals surface area contributed by atoms with Gasteiger partial charge in [0.15, 0.2) is 12.3 Å². The first-order valence-corrected chi connectivity index (χ1v) is 10.7. The highest BCUT2D eigenvalue weighted by atomic mass is 32.1. The summed E-state index contributed by atoms with van der Waals surface area (Å²) in [6.07, 6.45) is 3.48. The predicted octanol–water partition coefficient (Wildman–Crippen LogP) is 3.77. The fourth-order valence-corrected chi connectivity index (χ4v) is 4.35. The summed E-state index contributed by atoms with van der Waals surface area (Å²) in [5, 5.41) is 6.42. The normalized spacial score (nSPS) is 13.0. The summed E-state index contributed by atoms with van der Waals surface area (Å²) in [6.45, 7) is 0.140. The van der Waals surface area contributed by atoms with Gasteiger partial charge in [0.1, 0.15) is 5.82 Å². The van der Waals surface area contributed by atoms with Gasteiger partial charge in [-0.1, -0.05) is 6.07 Å². The fourth-order valence-electron chi connectivity index (χ4n) is 3.59. The van der Waals surface area contributed by atoms with E-state index in [-0.39, 0.29) is 24.0 Å². The van der Waals surface area contributed by atoms with Crippen LogP contribution in [0.5, 0.6) is 0 Å². The SMILES string of the molecule is CN(Cc1cccs1)C(=O)COC(=O)c1nn(-c2ccc(F)cc2)c2c1CCCC2. The lowest BCUT2D eigenvalue weighted by molar-refractivity contribution is -0.133. The van der Waals surface area contributed by atoms with Crippen molar-refractivity contribution >= 4 is 23.2 Å². The number of carbonyl (C=O) groups is 2. The highest BCUT2D eigenvalue weighted by Crippen LogP contribution is 2.27. The second kappa shape index (κ2) is 8.79. The monoisotopic (exact) mass is 427 g/mol. The maximum Gasteiger partial charge on any atom is 0.359 e. The van der Waals surface area contributed by atoms with Crippen molar-refractivity contribution < 1.29 is 18.7 Å². The number of rotatable bonds is 6. The van der Waals surface area contributed by atoms with Gasteiger partial charge in [-0.15, -0.1) is 11.3 Å². The molecule has 4 rings (SSSR count). The number of carbonyl (C=O) groups excluding carboxylic acids is 2. The van der Waals surface area contributed by atoms with Gasteiger partial charge in [0.05, 0.1) is 12.2 Å². The van der Waals surface area contributed by atoms with E-state index in [1.54, 1.807) is 35.2 Å². The zero-order valence-corrected chi connectivity index (χ0v) is 17.5. The molecule has 0 N–H and O–H groups in total. The van der Waals surface area contributed by atoms with Gasteiger partial charge in [0, 0.05) is 23.2 Å². The van der Waals surface area contributed by atoms with Gasteiger partial charge in [-0.05, 0) is 61.4 Å². The van der Waals surface area contributed by atoms with Crippen LogP contribution in [0.15, 0.2) is 41.8 Å². The Kier molecular flexibility index (Phi) is 5.94. The average molecular weight is 428 g/mol. The van der Waals surface area contributed by atoms with E-state index in [1.807, 2.05) is 17.5 Å². The number of benzene rings is 1. The summed E-state index contributed by atoms with van der Waals surface area (Å²) in [5.41, 5.74) is 2.74. The van der Waals surface area contributed by atoms with E-state index >= 15 is 0 Å². The molecule has 30 heavy (non-hydrogen) atoms. The summed E-state index contributed by atoms with van der Waals surface area (Å²) in [4.78, 5) is 27.7. The number of fused-ring (bicyclic) bond motifs is 1. The molecular formula is C22H22FN3O3S. The molecule has 0 saturated carbocycles.